The molecule has 0 amide bonds. The van der Waals surface area contributed by atoms with Gasteiger partial charge in [-0.15, -0.1) is 0 Å². The minimum atomic E-state index is -3.46. The summed E-state index contributed by atoms with van der Waals surface area (Å²) in [7, 11) is -3.46. The molecular weight excluding hydrogens is 264 g/mol. The van der Waals surface area contributed by atoms with E-state index in [0.717, 1.165) is 6.42 Å². The Kier molecular flexibility index (Phi) is 4.27. The molecule has 1 aromatic heterocycles. The fraction of sp³-hybridized carbons (Fsp3) is 0.750. The maximum Gasteiger partial charge on any atom is 0.244 e. The highest BCUT2D eigenvalue weighted by Gasteiger charge is 2.26. The Balaban J connectivity index is 2.13. The van der Waals surface area contributed by atoms with Gasteiger partial charge in [0.25, 0.3) is 0 Å². The Morgan fingerprint density at radius 2 is 2.11 bits per heavy atom. The predicted octanol–water partition coefficient (Wildman–Crippen LogP) is 0.537. The minimum Gasteiger partial charge on any atom is -0.329 e. The van der Waals surface area contributed by atoms with Gasteiger partial charge in [-0.25, -0.2) is 13.1 Å². The molecular formula is C12H22N4O2S. The molecule has 0 saturated heterocycles. The van der Waals surface area contributed by atoms with Crippen molar-refractivity contribution >= 4 is 10.0 Å². The quantitative estimate of drug-likeness (QED) is 0.765. The van der Waals surface area contributed by atoms with Crippen LogP contribution >= 0.6 is 0 Å². The average molecular weight is 286 g/mol. The van der Waals surface area contributed by atoms with Gasteiger partial charge in [0.15, 0.2) is 0 Å². The zero-order valence-electron chi connectivity index (χ0n) is 11.5. The largest absolute Gasteiger partial charge is 0.329 e. The molecule has 1 fully saturated rings. The predicted molar refractivity (Wildman–Crippen MR) is 73.3 cm³/mol. The summed E-state index contributed by atoms with van der Waals surface area (Å²) < 4.78 is 28.9. The highest BCUT2D eigenvalue weighted by Crippen LogP contribution is 2.32. The van der Waals surface area contributed by atoms with Gasteiger partial charge in [0.1, 0.15) is 4.90 Å². The van der Waals surface area contributed by atoms with E-state index in [-0.39, 0.29) is 0 Å². The second-order valence-corrected chi connectivity index (χ2v) is 6.85. The second kappa shape index (κ2) is 5.60. The molecule has 1 aliphatic rings. The van der Waals surface area contributed by atoms with Crippen molar-refractivity contribution in [3.8, 4) is 0 Å². The Morgan fingerprint density at radius 1 is 1.42 bits per heavy atom. The molecule has 0 bridgehead atoms. The van der Waals surface area contributed by atoms with Crippen molar-refractivity contribution in [2.24, 2.45) is 11.7 Å². The van der Waals surface area contributed by atoms with Gasteiger partial charge in [-0.2, -0.15) is 5.10 Å². The van der Waals surface area contributed by atoms with Crippen LogP contribution in [0.5, 0.6) is 0 Å². The SMILES string of the molecule is Cc1nn(CCN)c(C)c1S(=O)(=O)NCCC1CC1. The molecule has 7 heteroatoms. The van der Waals surface area contributed by atoms with Crippen LogP contribution in [0.15, 0.2) is 4.90 Å². The first kappa shape index (κ1) is 14.5. The van der Waals surface area contributed by atoms with Gasteiger partial charge in [-0.05, 0) is 26.2 Å². The fourth-order valence-electron chi connectivity index (χ4n) is 2.29. The van der Waals surface area contributed by atoms with Crippen molar-refractivity contribution in [3.63, 3.8) is 0 Å². The number of aromatic nitrogens is 2. The van der Waals surface area contributed by atoms with E-state index >= 15 is 0 Å². The number of rotatable bonds is 7. The lowest BCUT2D eigenvalue weighted by Crippen LogP contribution is -2.26. The van der Waals surface area contributed by atoms with Crippen molar-refractivity contribution in [2.45, 2.75) is 44.6 Å². The van der Waals surface area contributed by atoms with E-state index in [1.54, 1.807) is 18.5 Å². The Hall–Kier alpha value is -0.920. The number of hydrogen-bond donors (Lipinski definition) is 2. The minimum absolute atomic E-state index is 0.303. The molecule has 0 unspecified atom stereocenters. The van der Waals surface area contributed by atoms with Crippen LogP contribution in [0.25, 0.3) is 0 Å². The normalized spacial score (nSPS) is 15.9. The van der Waals surface area contributed by atoms with E-state index in [1.807, 2.05) is 0 Å². The van der Waals surface area contributed by atoms with Gasteiger partial charge in [-0.3, -0.25) is 4.68 Å². The Morgan fingerprint density at radius 3 is 2.68 bits per heavy atom. The van der Waals surface area contributed by atoms with Crippen LogP contribution < -0.4 is 10.5 Å². The van der Waals surface area contributed by atoms with Crippen LogP contribution in [0.4, 0.5) is 0 Å². The molecule has 1 saturated carbocycles. The van der Waals surface area contributed by atoms with E-state index in [0.29, 0.717) is 41.8 Å². The lowest BCUT2D eigenvalue weighted by atomic mass is 10.3. The first-order chi connectivity index (χ1) is 8.95. The van der Waals surface area contributed by atoms with Crippen LogP contribution in [0, 0.1) is 19.8 Å². The van der Waals surface area contributed by atoms with Gasteiger partial charge in [-0.1, -0.05) is 12.8 Å². The molecule has 0 radical (unpaired) electrons. The van der Waals surface area contributed by atoms with Crippen LogP contribution in [0.3, 0.4) is 0 Å². The molecule has 2 rings (SSSR count). The summed E-state index contributed by atoms with van der Waals surface area (Å²) in [5, 5.41) is 4.24. The summed E-state index contributed by atoms with van der Waals surface area (Å²) in [4.78, 5) is 0.303. The molecule has 0 aromatic carbocycles. The number of nitrogens with zero attached hydrogens (tertiary/aromatic N) is 2. The van der Waals surface area contributed by atoms with E-state index < -0.39 is 10.0 Å². The fourth-order valence-corrected chi connectivity index (χ4v) is 3.74. The van der Waals surface area contributed by atoms with E-state index in [1.165, 1.54) is 12.8 Å². The van der Waals surface area contributed by atoms with Crippen molar-refractivity contribution in [2.75, 3.05) is 13.1 Å². The Labute approximate surface area is 114 Å². The molecule has 108 valence electrons. The highest BCUT2D eigenvalue weighted by molar-refractivity contribution is 7.89. The van der Waals surface area contributed by atoms with Crippen LogP contribution in [0.2, 0.25) is 0 Å². The topological polar surface area (TPSA) is 90.0 Å². The summed E-state index contributed by atoms with van der Waals surface area (Å²) in [6, 6.07) is 0. The van der Waals surface area contributed by atoms with Gasteiger partial charge in [0.2, 0.25) is 10.0 Å². The summed E-state index contributed by atoms with van der Waals surface area (Å²) in [5.41, 5.74) is 6.68. The third kappa shape index (κ3) is 3.34. The Bertz CT molecular complexity index is 546. The summed E-state index contributed by atoms with van der Waals surface area (Å²) in [5.74, 6) is 0.713. The molecule has 6 nitrogen and oxygen atoms in total. The van der Waals surface area contributed by atoms with Gasteiger partial charge >= 0.3 is 0 Å². The lowest BCUT2D eigenvalue weighted by Gasteiger charge is -2.07. The summed E-state index contributed by atoms with van der Waals surface area (Å²) in [6.07, 6.45) is 3.39. The maximum absolute atomic E-state index is 12.3. The maximum atomic E-state index is 12.3. The van der Waals surface area contributed by atoms with Gasteiger partial charge in [0, 0.05) is 13.1 Å². The van der Waals surface area contributed by atoms with Crippen molar-refractivity contribution in [1.29, 1.82) is 0 Å². The molecule has 19 heavy (non-hydrogen) atoms. The number of sulfonamides is 1. The average Bonchev–Trinajstić information content (AvgIpc) is 3.07. The zero-order chi connectivity index (χ0) is 14.0. The number of nitrogens with two attached hydrogens (primary N) is 1. The van der Waals surface area contributed by atoms with Crippen LogP contribution in [0.1, 0.15) is 30.7 Å². The third-order valence-corrected chi connectivity index (χ3v) is 5.18. The van der Waals surface area contributed by atoms with E-state index in [9.17, 15) is 8.42 Å². The molecule has 1 aromatic rings. The third-order valence-electron chi connectivity index (χ3n) is 3.47. The van der Waals surface area contributed by atoms with E-state index in [2.05, 4.69) is 9.82 Å². The first-order valence-corrected chi connectivity index (χ1v) is 8.17. The first-order valence-electron chi connectivity index (χ1n) is 6.69. The standard InChI is InChI=1S/C12H22N4O2S/c1-9-12(10(2)16(15-9)8-6-13)19(17,18)14-7-5-11-3-4-11/h11,14H,3-8,13H2,1-2H3. The molecule has 0 aliphatic heterocycles. The highest BCUT2D eigenvalue weighted by atomic mass is 32.2. The molecule has 1 aliphatic carbocycles. The monoisotopic (exact) mass is 286 g/mol. The molecule has 1 heterocycles. The lowest BCUT2D eigenvalue weighted by molar-refractivity contribution is 0.572. The van der Waals surface area contributed by atoms with Crippen LogP contribution in [-0.4, -0.2) is 31.3 Å². The number of hydrogen-bond acceptors (Lipinski definition) is 4. The summed E-state index contributed by atoms with van der Waals surface area (Å²) in [6.45, 7) is 4.97. The molecule has 0 atom stereocenters. The smallest absolute Gasteiger partial charge is 0.244 e. The molecule has 0 spiro atoms. The van der Waals surface area contributed by atoms with Crippen molar-refractivity contribution < 1.29 is 8.42 Å². The zero-order valence-corrected chi connectivity index (χ0v) is 12.3. The second-order valence-electron chi connectivity index (χ2n) is 5.14. The number of nitrogens with one attached hydrogen (secondary N) is 1. The number of aryl methyl sites for hydroxylation is 1. The van der Waals surface area contributed by atoms with Gasteiger partial charge in [0.05, 0.1) is 17.9 Å². The van der Waals surface area contributed by atoms with E-state index in [4.69, 9.17) is 5.73 Å². The van der Waals surface area contributed by atoms with Crippen molar-refractivity contribution in [3.05, 3.63) is 11.4 Å². The molecule has 3 N–H and O–H groups in total. The van der Waals surface area contributed by atoms with Crippen LogP contribution in [-0.2, 0) is 16.6 Å². The van der Waals surface area contributed by atoms with Crippen molar-refractivity contribution in [1.82, 2.24) is 14.5 Å². The van der Waals surface area contributed by atoms with Gasteiger partial charge < -0.3 is 5.73 Å². The summed E-state index contributed by atoms with van der Waals surface area (Å²) >= 11 is 0.